The summed E-state index contributed by atoms with van der Waals surface area (Å²) in [6.07, 6.45) is 0.687. The second kappa shape index (κ2) is 9.36. The molecule has 0 fully saturated rings. The summed E-state index contributed by atoms with van der Waals surface area (Å²) in [5.74, 6) is -0.558. The molecule has 0 aliphatic rings. The predicted octanol–water partition coefficient (Wildman–Crippen LogP) is 3.74. The molecule has 38 heavy (non-hydrogen) atoms. The molecule has 0 radical (unpaired) electrons. The number of hydrogen-bond donors (Lipinski definition) is 1. The number of ether oxygens (including phenoxy) is 1. The van der Waals surface area contributed by atoms with E-state index in [0.717, 1.165) is 32.2 Å². The van der Waals surface area contributed by atoms with E-state index in [4.69, 9.17) is 4.74 Å². The normalized spacial score (nSPS) is 11.8. The zero-order valence-corrected chi connectivity index (χ0v) is 20.7. The molecule has 0 bridgehead atoms. The van der Waals surface area contributed by atoms with E-state index < -0.39 is 30.9 Å². The van der Waals surface area contributed by atoms with E-state index >= 15 is 0 Å². The molecule has 0 aliphatic heterocycles. The molecule has 0 aliphatic carbocycles. The number of halogens is 3. The Morgan fingerprint density at radius 2 is 1.89 bits per heavy atom. The summed E-state index contributed by atoms with van der Waals surface area (Å²) in [6, 6.07) is 10.5. The third-order valence-electron chi connectivity index (χ3n) is 6.35. The predicted molar refractivity (Wildman–Crippen MR) is 135 cm³/mol. The largest absolute Gasteiger partial charge is 0.494 e. The van der Waals surface area contributed by atoms with Gasteiger partial charge < -0.3 is 10.1 Å². The van der Waals surface area contributed by atoms with Crippen LogP contribution >= 0.6 is 0 Å². The minimum Gasteiger partial charge on any atom is -0.494 e. The topological polar surface area (TPSA) is 96.0 Å². The van der Waals surface area contributed by atoms with Gasteiger partial charge in [0.1, 0.15) is 24.4 Å². The van der Waals surface area contributed by atoms with E-state index in [0.29, 0.717) is 22.5 Å². The molecule has 2 aromatic carbocycles. The Labute approximate surface area is 214 Å². The number of hydrogen-bond acceptors (Lipinski definition) is 5. The van der Waals surface area contributed by atoms with Crippen LogP contribution in [0.1, 0.15) is 5.56 Å². The summed E-state index contributed by atoms with van der Waals surface area (Å²) in [5.41, 5.74) is 4.06. The first-order valence-corrected chi connectivity index (χ1v) is 11.6. The van der Waals surface area contributed by atoms with Gasteiger partial charge in [-0.05, 0) is 42.3 Å². The quantitative estimate of drug-likeness (QED) is 0.365. The molecule has 0 saturated carbocycles. The molecule has 3 heterocycles. The average Bonchev–Trinajstić information content (AvgIpc) is 3.39. The van der Waals surface area contributed by atoms with Gasteiger partial charge in [-0.1, -0.05) is 12.1 Å². The van der Waals surface area contributed by atoms with Crippen molar-refractivity contribution < 1.29 is 22.7 Å². The van der Waals surface area contributed by atoms with Crippen LogP contribution in [0.15, 0.2) is 59.8 Å². The second-order valence-corrected chi connectivity index (χ2v) is 8.81. The Morgan fingerprint density at radius 3 is 2.61 bits per heavy atom. The Balaban J connectivity index is 1.62. The number of methoxy groups -OCH3 is 1. The van der Waals surface area contributed by atoms with Crippen LogP contribution < -0.4 is 15.7 Å². The number of benzene rings is 2. The number of nitrogens with one attached hydrogen (secondary N) is 1. The van der Waals surface area contributed by atoms with Crippen LogP contribution in [0.4, 0.5) is 13.2 Å². The molecule has 196 valence electrons. The molecule has 0 atom stereocenters. The fourth-order valence-corrected chi connectivity index (χ4v) is 4.58. The lowest BCUT2D eigenvalue weighted by Gasteiger charge is -2.12. The molecule has 12 heteroatoms. The average molecular weight is 525 g/mol. The van der Waals surface area contributed by atoms with Gasteiger partial charge in [0.2, 0.25) is 5.91 Å². The molecule has 1 amide bonds. The zero-order chi connectivity index (χ0) is 27.2. The van der Waals surface area contributed by atoms with Crippen molar-refractivity contribution in [1.82, 2.24) is 29.2 Å². The van der Waals surface area contributed by atoms with Crippen LogP contribution in [0.3, 0.4) is 0 Å². The monoisotopic (exact) mass is 524 g/mol. The lowest BCUT2D eigenvalue weighted by molar-refractivity contribution is -0.138. The summed E-state index contributed by atoms with van der Waals surface area (Å²) >= 11 is 0. The van der Waals surface area contributed by atoms with E-state index in [1.807, 2.05) is 31.4 Å². The smallest absolute Gasteiger partial charge is 0.405 e. The van der Waals surface area contributed by atoms with Crippen LogP contribution in [-0.4, -0.2) is 49.6 Å². The molecule has 9 nitrogen and oxygen atoms in total. The van der Waals surface area contributed by atoms with Crippen LogP contribution in [-0.2, 0) is 18.4 Å². The van der Waals surface area contributed by atoms with Crippen molar-refractivity contribution in [3.8, 4) is 22.6 Å². The zero-order valence-electron chi connectivity index (χ0n) is 20.7. The number of aryl methyl sites for hydroxylation is 2. The molecule has 5 rings (SSSR count). The van der Waals surface area contributed by atoms with Crippen LogP contribution in [0.2, 0.25) is 0 Å². The maximum Gasteiger partial charge on any atom is 0.405 e. The standard InChI is InChI=1S/C26H23F3N6O3/c1-15-9-16(17-10-30-12-21-18(17)11-32-33(21)2)7-8-19(15)35-24-20(5-4-6-22(24)38-3)34(25(35)37)13-23(36)31-14-26(27,28)29/h4-12H,13-14H2,1-3H3,(H,31,36). The van der Waals surface area contributed by atoms with Crippen LogP contribution in [0, 0.1) is 6.92 Å². The Kier molecular flexibility index (Phi) is 6.17. The van der Waals surface area contributed by atoms with Gasteiger partial charge in [0, 0.05) is 24.2 Å². The lowest BCUT2D eigenvalue weighted by Crippen LogP contribution is -2.38. The maximum atomic E-state index is 13.6. The van der Waals surface area contributed by atoms with E-state index in [1.54, 1.807) is 47.5 Å². The maximum absolute atomic E-state index is 13.6. The molecule has 0 unspecified atom stereocenters. The molecule has 1 N–H and O–H groups in total. The summed E-state index contributed by atoms with van der Waals surface area (Å²) in [6.45, 7) is -0.226. The number of fused-ring (bicyclic) bond motifs is 2. The minimum absolute atomic E-state index is 0.351. The van der Waals surface area contributed by atoms with Gasteiger partial charge >= 0.3 is 11.9 Å². The van der Waals surface area contributed by atoms with Crippen LogP contribution in [0.5, 0.6) is 5.75 Å². The number of pyridine rings is 1. The highest BCUT2D eigenvalue weighted by molar-refractivity contribution is 5.94. The van der Waals surface area contributed by atoms with E-state index in [9.17, 15) is 22.8 Å². The SMILES string of the molecule is COc1cccc2c1n(-c1ccc(-c3cncc4c3cnn4C)cc1C)c(=O)n2CC(=O)NCC(F)(F)F. The highest BCUT2D eigenvalue weighted by Gasteiger charge is 2.28. The molecular weight excluding hydrogens is 501 g/mol. The van der Waals surface area contributed by atoms with Crippen molar-refractivity contribution in [2.45, 2.75) is 19.6 Å². The third kappa shape index (κ3) is 4.38. The van der Waals surface area contributed by atoms with Gasteiger partial charge in [0.05, 0.1) is 36.2 Å². The van der Waals surface area contributed by atoms with Gasteiger partial charge in [0.25, 0.3) is 0 Å². The Bertz CT molecular complexity index is 1750. The summed E-state index contributed by atoms with van der Waals surface area (Å²) in [5, 5.41) is 7.05. The first kappa shape index (κ1) is 25.1. The molecule has 0 spiro atoms. The number of alkyl halides is 3. The molecular formula is C26H23F3N6O3. The fourth-order valence-electron chi connectivity index (χ4n) is 4.58. The van der Waals surface area contributed by atoms with Crippen molar-refractivity contribution in [1.29, 1.82) is 0 Å². The number of aromatic nitrogens is 5. The van der Waals surface area contributed by atoms with Crippen molar-refractivity contribution >= 4 is 27.8 Å². The number of carbonyl (C=O) groups excluding carboxylic acids is 1. The minimum atomic E-state index is -4.56. The first-order chi connectivity index (χ1) is 18.1. The lowest BCUT2D eigenvalue weighted by atomic mass is 10.0. The first-order valence-electron chi connectivity index (χ1n) is 11.6. The Morgan fingerprint density at radius 1 is 1.11 bits per heavy atom. The van der Waals surface area contributed by atoms with Gasteiger partial charge in [-0.2, -0.15) is 18.3 Å². The number of nitrogens with zero attached hydrogens (tertiary/aromatic N) is 5. The fraction of sp³-hybridized carbons (Fsp3) is 0.231. The second-order valence-electron chi connectivity index (χ2n) is 8.81. The van der Waals surface area contributed by atoms with Gasteiger partial charge in [-0.15, -0.1) is 0 Å². The third-order valence-corrected chi connectivity index (χ3v) is 6.35. The number of rotatable bonds is 6. The molecule has 3 aromatic heterocycles. The summed E-state index contributed by atoms with van der Waals surface area (Å²) in [4.78, 5) is 30.3. The molecule has 5 aromatic rings. The van der Waals surface area contributed by atoms with Crippen LogP contribution in [0.25, 0.3) is 38.8 Å². The molecule has 0 saturated heterocycles. The van der Waals surface area contributed by atoms with Crippen molar-refractivity contribution in [2.24, 2.45) is 7.05 Å². The number of para-hydroxylation sites is 1. The van der Waals surface area contributed by atoms with E-state index in [-0.39, 0.29) is 0 Å². The number of carbonyl (C=O) groups is 1. The van der Waals surface area contributed by atoms with Gasteiger partial charge in [-0.3, -0.25) is 23.6 Å². The van der Waals surface area contributed by atoms with Crippen molar-refractivity contribution in [3.63, 3.8) is 0 Å². The summed E-state index contributed by atoms with van der Waals surface area (Å²) < 4.78 is 47.5. The number of imidazole rings is 1. The van der Waals surface area contributed by atoms with E-state index in [1.165, 1.54) is 11.7 Å². The van der Waals surface area contributed by atoms with Crippen molar-refractivity contribution in [3.05, 3.63) is 71.0 Å². The highest BCUT2D eigenvalue weighted by atomic mass is 19.4. The van der Waals surface area contributed by atoms with Gasteiger partial charge in [-0.25, -0.2) is 4.79 Å². The summed E-state index contributed by atoms with van der Waals surface area (Å²) in [7, 11) is 3.29. The van der Waals surface area contributed by atoms with Gasteiger partial charge in [0.15, 0.2) is 0 Å². The van der Waals surface area contributed by atoms with Crippen molar-refractivity contribution in [2.75, 3.05) is 13.7 Å². The number of amides is 1. The van der Waals surface area contributed by atoms with E-state index in [2.05, 4.69) is 10.1 Å². The highest BCUT2D eigenvalue weighted by Crippen LogP contribution is 2.32. The Hall–Kier alpha value is -4.61.